The zero-order valence-corrected chi connectivity index (χ0v) is 14.0. The fourth-order valence-corrected chi connectivity index (χ4v) is 2.72. The van der Waals surface area contributed by atoms with Crippen LogP contribution in [0.1, 0.15) is 38.3 Å². The summed E-state index contributed by atoms with van der Waals surface area (Å²) in [5.41, 5.74) is -0.145. The molecule has 0 aliphatic rings. The van der Waals surface area contributed by atoms with Crippen molar-refractivity contribution in [3.63, 3.8) is 0 Å². The molecule has 1 aromatic carbocycles. The Labute approximate surface area is 141 Å². The average Bonchev–Trinajstić information content (AvgIpc) is 3.11. The van der Waals surface area contributed by atoms with Crippen LogP contribution in [-0.4, -0.2) is 33.3 Å². The molecule has 0 fully saturated rings. The number of nitrogens with zero attached hydrogens (tertiary/aromatic N) is 2. The summed E-state index contributed by atoms with van der Waals surface area (Å²) in [5.74, 6) is -1.15. The molecule has 24 heavy (non-hydrogen) atoms. The van der Waals surface area contributed by atoms with E-state index in [0.29, 0.717) is 12.8 Å². The van der Waals surface area contributed by atoms with Crippen molar-refractivity contribution < 1.29 is 14.7 Å². The molecule has 0 spiro atoms. The van der Waals surface area contributed by atoms with E-state index in [9.17, 15) is 14.7 Å². The van der Waals surface area contributed by atoms with Gasteiger partial charge in [0.2, 0.25) is 5.91 Å². The van der Waals surface area contributed by atoms with Gasteiger partial charge in [-0.3, -0.25) is 14.3 Å². The van der Waals surface area contributed by atoms with Crippen LogP contribution in [-0.2, 0) is 9.59 Å². The smallest absolute Gasteiger partial charge is 0.311 e. The number of nitrogens with one attached hydrogen (secondary N) is 1. The molecule has 1 unspecified atom stereocenters. The highest BCUT2D eigenvalue weighted by molar-refractivity contribution is 5.84. The van der Waals surface area contributed by atoms with Gasteiger partial charge in [0.1, 0.15) is 0 Å². The zero-order chi connectivity index (χ0) is 17.6. The first-order chi connectivity index (χ1) is 11.5. The predicted molar refractivity (Wildman–Crippen MR) is 90.5 cm³/mol. The molecular weight excluding hydrogens is 306 g/mol. The molecule has 0 aliphatic heterocycles. The lowest BCUT2D eigenvalue weighted by molar-refractivity contribution is -0.149. The van der Waals surface area contributed by atoms with Gasteiger partial charge in [0.25, 0.3) is 0 Å². The van der Waals surface area contributed by atoms with Gasteiger partial charge in [-0.2, -0.15) is 5.10 Å². The van der Waals surface area contributed by atoms with E-state index in [1.165, 1.54) is 0 Å². The monoisotopic (exact) mass is 329 g/mol. The summed E-state index contributed by atoms with van der Waals surface area (Å²) < 4.78 is 1.57. The normalized spacial score (nSPS) is 12.6. The number of carbonyl (C=O) groups is 2. The van der Waals surface area contributed by atoms with Gasteiger partial charge in [0.15, 0.2) is 6.04 Å². The van der Waals surface area contributed by atoms with Crippen LogP contribution in [0.25, 0.3) is 0 Å². The van der Waals surface area contributed by atoms with E-state index in [0.717, 1.165) is 5.56 Å². The Morgan fingerprint density at radius 1 is 1.21 bits per heavy atom. The SMILES string of the molecule is CCC(CC)(CNC(=O)C(c1ccccc1)n1cccn1)C(=O)O. The Morgan fingerprint density at radius 3 is 2.38 bits per heavy atom. The molecule has 0 saturated heterocycles. The molecule has 1 heterocycles. The van der Waals surface area contributed by atoms with Crippen LogP contribution in [0.2, 0.25) is 0 Å². The predicted octanol–water partition coefficient (Wildman–Crippen LogP) is 2.48. The first-order valence-corrected chi connectivity index (χ1v) is 8.09. The molecular formula is C18H23N3O3. The molecule has 6 nitrogen and oxygen atoms in total. The maximum absolute atomic E-state index is 12.8. The standard InChI is InChI=1S/C18H23N3O3/c1-3-18(4-2,17(23)24)13-19-16(22)15(21-12-8-11-20-21)14-9-6-5-7-10-14/h5-12,15H,3-4,13H2,1-2H3,(H,19,22)(H,23,24). The number of carboxylic acid groups (broad SMARTS) is 1. The van der Waals surface area contributed by atoms with Crippen molar-refractivity contribution in [3.8, 4) is 0 Å². The van der Waals surface area contributed by atoms with E-state index >= 15 is 0 Å². The molecule has 0 aliphatic carbocycles. The van der Waals surface area contributed by atoms with Gasteiger partial charge in [0.05, 0.1) is 5.41 Å². The van der Waals surface area contributed by atoms with Crippen molar-refractivity contribution in [1.29, 1.82) is 0 Å². The fraction of sp³-hybridized carbons (Fsp3) is 0.389. The van der Waals surface area contributed by atoms with E-state index < -0.39 is 17.4 Å². The summed E-state index contributed by atoms with van der Waals surface area (Å²) in [6.45, 7) is 3.75. The third kappa shape index (κ3) is 3.64. The Bertz CT molecular complexity index is 664. The lowest BCUT2D eigenvalue weighted by Gasteiger charge is -2.28. The number of aromatic nitrogens is 2. The molecule has 1 atom stereocenters. The van der Waals surface area contributed by atoms with Crippen LogP contribution in [0, 0.1) is 5.41 Å². The van der Waals surface area contributed by atoms with Gasteiger partial charge in [-0.05, 0) is 24.5 Å². The second-order valence-corrected chi connectivity index (χ2v) is 5.81. The third-order valence-electron chi connectivity index (χ3n) is 4.56. The number of carboxylic acids is 1. The zero-order valence-electron chi connectivity index (χ0n) is 14.0. The van der Waals surface area contributed by atoms with Crippen LogP contribution in [0.4, 0.5) is 0 Å². The van der Waals surface area contributed by atoms with E-state index in [2.05, 4.69) is 10.4 Å². The number of hydrogen-bond acceptors (Lipinski definition) is 3. The fourth-order valence-electron chi connectivity index (χ4n) is 2.72. The number of carbonyl (C=O) groups excluding carboxylic acids is 1. The van der Waals surface area contributed by atoms with E-state index in [1.54, 1.807) is 23.1 Å². The summed E-state index contributed by atoms with van der Waals surface area (Å²) in [6, 6.07) is 10.4. The number of benzene rings is 1. The average molecular weight is 329 g/mol. The highest BCUT2D eigenvalue weighted by atomic mass is 16.4. The highest BCUT2D eigenvalue weighted by Crippen LogP contribution is 2.26. The van der Waals surface area contributed by atoms with Gasteiger partial charge < -0.3 is 10.4 Å². The summed E-state index contributed by atoms with van der Waals surface area (Å²) in [4.78, 5) is 24.4. The summed E-state index contributed by atoms with van der Waals surface area (Å²) in [6.07, 6.45) is 4.25. The van der Waals surface area contributed by atoms with Gasteiger partial charge in [0, 0.05) is 18.9 Å². The molecule has 2 aromatic rings. The maximum Gasteiger partial charge on any atom is 0.311 e. The summed E-state index contributed by atoms with van der Waals surface area (Å²) in [5, 5.41) is 16.5. The van der Waals surface area contributed by atoms with Crippen LogP contribution >= 0.6 is 0 Å². The first kappa shape index (κ1) is 17.7. The van der Waals surface area contributed by atoms with Crippen molar-refractivity contribution in [2.24, 2.45) is 5.41 Å². The summed E-state index contributed by atoms with van der Waals surface area (Å²) >= 11 is 0. The van der Waals surface area contributed by atoms with Crippen LogP contribution in [0.5, 0.6) is 0 Å². The van der Waals surface area contributed by atoms with E-state index in [4.69, 9.17) is 0 Å². The Morgan fingerprint density at radius 2 is 1.88 bits per heavy atom. The van der Waals surface area contributed by atoms with Crippen LogP contribution in [0.15, 0.2) is 48.8 Å². The largest absolute Gasteiger partial charge is 0.481 e. The number of aliphatic carboxylic acids is 1. The van der Waals surface area contributed by atoms with Gasteiger partial charge in [-0.1, -0.05) is 44.2 Å². The minimum Gasteiger partial charge on any atom is -0.481 e. The molecule has 1 aromatic heterocycles. The van der Waals surface area contributed by atoms with Crippen LogP contribution in [0.3, 0.4) is 0 Å². The number of hydrogen-bond donors (Lipinski definition) is 2. The van der Waals surface area contributed by atoms with Crippen molar-refractivity contribution >= 4 is 11.9 Å². The van der Waals surface area contributed by atoms with Crippen LogP contribution < -0.4 is 5.32 Å². The van der Waals surface area contributed by atoms with Crippen molar-refractivity contribution in [2.75, 3.05) is 6.54 Å². The molecule has 0 bridgehead atoms. The number of rotatable bonds is 8. The molecule has 2 rings (SSSR count). The van der Waals surface area contributed by atoms with E-state index in [1.807, 2.05) is 44.2 Å². The summed E-state index contributed by atoms with van der Waals surface area (Å²) in [7, 11) is 0. The topological polar surface area (TPSA) is 84.2 Å². The molecule has 6 heteroatoms. The second kappa shape index (κ2) is 7.77. The molecule has 0 radical (unpaired) electrons. The molecule has 2 N–H and O–H groups in total. The lowest BCUT2D eigenvalue weighted by Crippen LogP contribution is -2.44. The van der Waals surface area contributed by atoms with Crippen molar-refractivity contribution in [2.45, 2.75) is 32.7 Å². The van der Waals surface area contributed by atoms with Gasteiger partial charge >= 0.3 is 5.97 Å². The first-order valence-electron chi connectivity index (χ1n) is 8.09. The second-order valence-electron chi connectivity index (χ2n) is 5.81. The van der Waals surface area contributed by atoms with Gasteiger partial charge in [-0.15, -0.1) is 0 Å². The van der Waals surface area contributed by atoms with Crippen molar-refractivity contribution in [3.05, 3.63) is 54.4 Å². The van der Waals surface area contributed by atoms with Gasteiger partial charge in [-0.25, -0.2) is 0 Å². The Kier molecular flexibility index (Phi) is 5.73. The Hall–Kier alpha value is -2.63. The Balaban J connectivity index is 2.22. The maximum atomic E-state index is 12.8. The molecule has 0 saturated carbocycles. The number of amides is 1. The lowest BCUT2D eigenvalue weighted by atomic mass is 9.82. The minimum atomic E-state index is -0.943. The third-order valence-corrected chi connectivity index (χ3v) is 4.56. The molecule has 1 amide bonds. The molecule has 128 valence electrons. The van der Waals surface area contributed by atoms with Crippen molar-refractivity contribution in [1.82, 2.24) is 15.1 Å². The van der Waals surface area contributed by atoms with E-state index in [-0.39, 0.29) is 12.5 Å². The highest BCUT2D eigenvalue weighted by Gasteiger charge is 2.36. The minimum absolute atomic E-state index is 0.0960. The quantitative estimate of drug-likeness (QED) is 0.779.